The van der Waals surface area contributed by atoms with Gasteiger partial charge in [0.2, 0.25) is 0 Å². The number of carbonyl (C=O) groups excluding carboxylic acids is 3. The monoisotopic (exact) mass is 361 g/mol. The van der Waals surface area contributed by atoms with Crippen molar-refractivity contribution < 1.29 is 14.4 Å². The maximum absolute atomic E-state index is 12.9. The topological polar surface area (TPSA) is 78.5 Å². The van der Waals surface area contributed by atoms with Crippen molar-refractivity contribution in [2.45, 2.75) is 56.9 Å². The van der Waals surface area contributed by atoms with Crippen molar-refractivity contribution in [1.82, 2.24) is 15.5 Å². The van der Waals surface area contributed by atoms with Crippen molar-refractivity contribution in [3.63, 3.8) is 0 Å². The molecule has 0 bridgehead atoms. The lowest BCUT2D eigenvalue weighted by Crippen LogP contribution is -2.55. The highest BCUT2D eigenvalue weighted by molar-refractivity contribution is 7.14. The fraction of sp³-hybridized carbons (Fsp3) is 0.611. The summed E-state index contributed by atoms with van der Waals surface area (Å²) in [4.78, 5) is 40.3. The van der Waals surface area contributed by atoms with E-state index in [2.05, 4.69) is 16.7 Å². The maximum atomic E-state index is 12.9. The molecule has 4 rings (SSSR count). The van der Waals surface area contributed by atoms with E-state index in [9.17, 15) is 14.4 Å². The number of amides is 4. The second-order valence-corrected chi connectivity index (χ2v) is 8.39. The smallest absolute Gasteiger partial charge is 0.322 e. The van der Waals surface area contributed by atoms with E-state index in [1.165, 1.54) is 36.1 Å². The van der Waals surface area contributed by atoms with Crippen LogP contribution in [0.25, 0.3) is 0 Å². The van der Waals surface area contributed by atoms with Crippen LogP contribution >= 0.6 is 11.3 Å². The lowest BCUT2D eigenvalue weighted by molar-refractivity contribution is -0.125. The van der Waals surface area contributed by atoms with Crippen LogP contribution in [0.4, 0.5) is 4.79 Å². The summed E-state index contributed by atoms with van der Waals surface area (Å²) in [7, 11) is 0. The van der Waals surface area contributed by atoms with Gasteiger partial charge in [-0.1, -0.05) is 12.8 Å². The Kier molecular flexibility index (Phi) is 4.27. The van der Waals surface area contributed by atoms with Gasteiger partial charge in [-0.15, -0.1) is 11.3 Å². The van der Waals surface area contributed by atoms with Crippen LogP contribution in [0.2, 0.25) is 0 Å². The number of fused-ring (bicyclic) bond motifs is 1. The predicted molar refractivity (Wildman–Crippen MR) is 94.7 cm³/mol. The van der Waals surface area contributed by atoms with Gasteiger partial charge in [-0.2, -0.15) is 0 Å². The largest absolute Gasteiger partial charge is 0.338 e. The van der Waals surface area contributed by atoms with Crippen molar-refractivity contribution in [3.8, 4) is 0 Å². The van der Waals surface area contributed by atoms with Gasteiger partial charge in [-0.25, -0.2) is 4.79 Å². The number of imide groups is 1. The SMILES string of the molecule is O=C1NC(=O)C2(CCN(C(=O)c3cc4c(s3)CCCCCC4)CC2)N1. The normalized spacial score (nSPS) is 22.8. The predicted octanol–water partition coefficient (Wildman–Crippen LogP) is 2.22. The fourth-order valence-electron chi connectivity index (χ4n) is 4.08. The zero-order valence-electron chi connectivity index (χ0n) is 14.2. The standard InChI is InChI=1S/C18H23N3O3S/c22-15(14-11-12-5-3-1-2-4-6-13(12)25-14)21-9-7-18(8-10-21)16(23)19-17(24)20-18/h11H,1-10H2,(H2,19,20,23,24). The Hall–Kier alpha value is -1.89. The summed E-state index contributed by atoms with van der Waals surface area (Å²) in [6.45, 7) is 0.990. The van der Waals surface area contributed by atoms with Gasteiger partial charge >= 0.3 is 6.03 Å². The molecule has 3 heterocycles. The molecular weight excluding hydrogens is 338 g/mol. The summed E-state index contributed by atoms with van der Waals surface area (Å²) in [6, 6.07) is 1.66. The average molecular weight is 361 g/mol. The van der Waals surface area contributed by atoms with Gasteiger partial charge in [0.1, 0.15) is 5.54 Å². The molecule has 2 aliphatic heterocycles. The Morgan fingerprint density at radius 3 is 2.48 bits per heavy atom. The summed E-state index contributed by atoms with van der Waals surface area (Å²) in [6.07, 6.45) is 8.09. The number of urea groups is 1. The first-order chi connectivity index (χ1) is 12.1. The number of piperidine rings is 1. The molecular formula is C18H23N3O3S. The zero-order chi connectivity index (χ0) is 17.4. The number of nitrogens with one attached hydrogen (secondary N) is 2. The first kappa shape index (κ1) is 16.6. The number of rotatable bonds is 1. The molecule has 1 aliphatic carbocycles. The Labute approximate surface area is 151 Å². The van der Waals surface area contributed by atoms with Crippen molar-refractivity contribution >= 4 is 29.2 Å². The molecule has 0 atom stereocenters. The van der Waals surface area contributed by atoms with Crippen molar-refractivity contribution in [1.29, 1.82) is 0 Å². The van der Waals surface area contributed by atoms with Gasteiger partial charge < -0.3 is 10.2 Å². The number of hydrogen-bond acceptors (Lipinski definition) is 4. The minimum absolute atomic E-state index is 0.0660. The van der Waals surface area contributed by atoms with Gasteiger partial charge in [-0.05, 0) is 50.2 Å². The van der Waals surface area contributed by atoms with Gasteiger partial charge in [0, 0.05) is 18.0 Å². The molecule has 6 nitrogen and oxygen atoms in total. The first-order valence-electron chi connectivity index (χ1n) is 9.12. The minimum atomic E-state index is -0.821. The van der Waals surface area contributed by atoms with E-state index in [0.717, 1.165) is 17.7 Å². The van der Waals surface area contributed by atoms with Crippen LogP contribution in [0.5, 0.6) is 0 Å². The van der Waals surface area contributed by atoms with Gasteiger partial charge in [0.05, 0.1) is 4.88 Å². The highest BCUT2D eigenvalue weighted by atomic mass is 32.1. The summed E-state index contributed by atoms with van der Waals surface area (Å²) < 4.78 is 0. The number of carbonyl (C=O) groups is 3. The molecule has 0 saturated carbocycles. The van der Waals surface area contributed by atoms with Crippen LogP contribution in [0.1, 0.15) is 58.6 Å². The number of nitrogens with zero attached hydrogens (tertiary/aromatic N) is 1. The Morgan fingerprint density at radius 2 is 1.80 bits per heavy atom. The quantitative estimate of drug-likeness (QED) is 0.753. The molecule has 2 fully saturated rings. The van der Waals surface area contributed by atoms with Crippen molar-refractivity contribution in [2.24, 2.45) is 0 Å². The van der Waals surface area contributed by atoms with Crippen LogP contribution in [0.15, 0.2) is 6.07 Å². The molecule has 2 saturated heterocycles. The summed E-state index contributed by atoms with van der Waals surface area (Å²) in [5, 5.41) is 5.04. The molecule has 25 heavy (non-hydrogen) atoms. The summed E-state index contributed by atoms with van der Waals surface area (Å²) in [5.41, 5.74) is 0.530. The third kappa shape index (κ3) is 3.05. The van der Waals surface area contributed by atoms with Gasteiger partial charge in [0.25, 0.3) is 11.8 Å². The molecule has 2 N–H and O–H groups in total. The highest BCUT2D eigenvalue weighted by Crippen LogP contribution is 2.31. The molecule has 3 aliphatic rings. The Bertz CT molecular complexity index is 694. The molecule has 7 heteroatoms. The molecule has 0 aromatic carbocycles. The third-order valence-corrected chi connectivity index (χ3v) is 6.85. The van der Waals surface area contributed by atoms with Crippen LogP contribution in [-0.2, 0) is 17.6 Å². The van der Waals surface area contributed by atoms with E-state index in [0.29, 0.717) is 25.9 Å². The van der Waals surface area contributed by atoms with Crippen LogP contribution < -0.4 is 10.6 Å². The van der Waals surface area contributed by atoms with Gasteiger partial charge in [-0.3, -0.25) is 14.9 Å². The zero-order valence-corrected chi connectivity index (χ0v) is 15.0. The van der Waals surface area contributed by atoms with Crippen LogP contribution in [-0.4, -0.2) is 41.4 Å². The van der Waals surface area contributed by atoms with Gasteiger partial charge in [0.15, 0.2) is 0 Å². The molecule has 0 radical (unpaired) electrons. The molecule has 134 valence electrons. The summed E-state index contributed by atoms with van der Waals surface area (Å²) >= 11 is 1.64. The van der Waals surface area contributed by atoms with E-state index >= 15 is 0 Å². The minimum Gasteiger partial charge on any atom is -0.338 e. The maximum Gasteiger partial charge on any atom is 0.322 e. The molecule has 4 amide bonds. The van der Waals surface area contributed by atoms with Crippen LogP contribution in [0, 0.1) is 0 Å². The van der Waals surface area contributed by atoms with E-state index in [1.54, 1.807) is 11.3 Å². The fourth-order valence-corrected chi connectivity index (χ4v) is 5.30. The Balaban J connectivity index is 1.45. The van der Waals surface area contributed by atoms with E-state index in [1.807, 2.05) is 4.90 Å². The lowest BCUT2D eigenvalue weighted by Gasteiger charge is -2.36. The Morgan fingerprint density at radius 1 is 1.08 bits per heavy atom. The summed E-state index contributed by atoms with van der Waals surface area (Å²) in [5.74, 6) is -0.194. The number of aryl methyl sites for hydroxylation is 2. The first-order valence-corrected chi connectivity index (χ1v) is 9.93. The van der Waals surface area contributed by atoms with E-state index in [-0.39, 0.29) is 11.8 Å². The molecule has 1 spiro atoms. The molecule has 0 unspecified atom stereocenters. The number of likely N-dealkylation sites (tertiary alicyclic amines) is 1. The second-order valence-electron chi connectivity index (χ2n) is 7.26. The van der Waals surface area contributed by atoms with E-state index in [4.69, 9.17) is 0 Å². The van der Waals surface area contributed by atoms with E-state index < -0.39 is 11.6 Å². The lowest BCUT2D eigenvalue weighted by atomic mass is 9.87. The molecule has 1 aromatic rings. The van der Waals surface area contributed by atoms with Crippen molar-refractivity contribution in [2.75, 3.05) is 13.1 Å². The molecule has 1 aromatic heterocycles. The number of thiophene rings is 1. The average Bonchev–Trinajstić information content (AvgIpc) is 3.08. The highest BCUT2D eigenvalue weighted by Gasteiger charge is 2.48. The number of hydrogen-bond donors (Lipinski definition) is 2. The van der Waals surface area contributed by atoms with Crippen molar-refractivity contribution in [3.05, 3.63) is 21.4 Å². The second kappa shape index (κ2) is 6.44. The van der Waals surface area contributed by atoms with Crippen LogP contribution in [0.3, 0.4) is 0 Å². The third-order valence-electron chi connectivity index (χ3n) is 5.63.